The Labute approximate surface area is 149 Å². The lowest BCUT2D eigenvalue weighted by atomic mass is 10.1. The lowest BCUT2D eigenvalue weighted by Crippen LogP contribution is -2.45. The Morgan fingerprint density at radius 3 is 1.96 bits per heavy atom. The molecule has 142 valence electrons. The molecule has 0 unspecified atom stereocenters. The molecule has 0 spiro atoms. The largest absolute Gasteiger partial charge is 0.458 e. The van der Waals surface area contributed by atoms with Crippen LogP contribution >= 0.6 is 0 Å². The minimum Gasteiger partial charge on any atom is -0.458 e. The second kappa shape index (κ2) is 7.45. The van der Waals surface area contributed by atoms with Crippen LogP contribution in [0.15, 0.2) is 12.2 Å². The summed E-state index contributed by atoms with van der Waals surface area (Å²) in [7, 11) is 0. The third-order valence-corrected chi connectivity index (χ3v) is 3.19. The third-order valence-electron chi connectivity index (χ3n) is 3.19. The lowest BCUT2D eigenvalue weighted by molar-refractivity contribution is -0.160. The summed E-state index contributed by atoms with van der Waals surface area (Å²) in [5.41, 5.74) is -1.14. The topological polar surface area (TPSA) is 82.1 Å². The first-order valence-electron chi connectivity index (χ1n) is 8.28. The predicted octanol–water partition coefficient (Wildman–Crippen LogP) is 2.83. The first kappa shape index (κ1) is 21.0. The summed E-state index contributed by atoms with van der Waals surface area (Å²) in [6.07, 6.45) is -1.10. The number of hydrogen-bond acceptors (Lipinski definition) is 6. The minimum atomic E-state index is -0.864. The highest BCUT2D eigenvalue weighted by molar-refractivity contribution is 5.87. The molecule has 0 aliphatic carbocycles. The lowest BCUT2D eigenvalue weighted by Gasteiger charge is -2.29. The summed E-state index contributed by atoms with van der Waals surface area (Å²) in [6, 6.07) is -0.864. The van der Waals surface area contributed by atoms with Crippen molar-refractivity contribution in [3.05, 3.63) is 12.2 Å². The molecule has 7 nitrogen and oxygen atoms in total. The van der Waals surface area contributed by atoms with Crippen molar-refractivity contribution in [1.29, 1.82) is 0 Å². The maximum absolute atomic E-state index is 12.5. The van der Waals surface area contributed by atoms with Gasteiger partial charge in [-0.15, -0.1) is 0 Å². The van der Waals surface area contributed by atoms with Crippen LogP contribution in [0.1, 0.15) is 54.9 Å². The van der Waals surface area contributed by atoms with Crippen LogP contribution in [-0.4, -0.2) is 52.8 Å². The number of amides is 1. The van der Waals surface area contributed by atoms with E-state index < -0.39 is 41.4 Å². The van der Waals surface area contributed by atoms with Gasteiger partial charge < -0.3 is 14.2 Å². The number of carbonyl (C=O) groups is 3. The van der Waals surface area contributed by atoms with Gasteiger partial charge in [0.25, 0.3) is 0 Å². The van der Waals surface area contributed by atoms with E-state index in [1.165, 1.54) is 11.8 Å². The second-order valence-corrected chi connectivity index (χ2v) is 8.23. The highest BCUT2D eigenvalue weighted by Crippen LogP contribution is 2.26. The molecule has 0 aromatic carbocycles. The van der Waals surface area contributed by atoms with E-state index in [-0.39, 0.29) is 18.5 Å². The van der Waals surface area contributed by atoms with Crippen molar-refractivity contribution in [2.24, 2.45) is 0 Å². The van der Waals surface area contributed by atoms with Gasteiger partial charge in [0.05, 0.1) is 6.54 Å². The van der Waals surface area contributed by atoms with E-state index in [9.17, 15) is 14.4 Å². The van der Waals surface area contributed by atoms with Gasteiger partial charge >= 0.3 is 18.0 Å². The molecule has 1 heterocycles. The van der Waals surface area contributed by atoms with Gasteiger partial charge in [0, 0.05) is 12.0 Å². The number of nitrogens with zero attached hydrogens (tertiary/aromatic N) is 1. The fourth-order valence-electron chi connectivity index (χ4n) is 2.25. The van der Waals surface area contributed by atoms with Gasteiger partial charge in [-0.1, -0.05) is 6.58 Å². The zero-order valence-electron chi connectivity index (χ0n) is 16.2. The van der Waals surface area contributed by atoms with Crippen LogP contribution < -0.4 is 0 Å². The summed E-state index contributed by atoms with van der Waals surface area (Å²) in [5, 5.41) is 0. The normalized spacial score (nSPS) is 20.8. The van der Waals surface area contributed by atoms with Gasteiger partial charge in [-0.3, -0.25) is 4.90 Å². The van der Waals surface area contributed by atoms with Crippen molar-refractivity contribution in [3.8, 4) is 0 Å². The molecule has 0 aromatic heterocycles. The summed E-state index contributed by atoms with van der Waals surface area (Å²) in [4.78, 5) is 37.9. The predicted molar refractivity (Wildman–Crippen MR) is 91.9 cm³/mol. The van der Waals surface area contributed by atoms with Crippen molar-refractivity contribution in [2.45, 2.75) is 78.2 Å². The summed E-state index contributed by atoms with van der Waals surface area (Å²) < 4.78 is 16.0. The maximum Gasteiger partial charge on any atom is 0.411 e. The van der Waals surface area contributed by atoms with E-state index >= 15 is 0 Å². The highest BCUT2D eigenvalue weighted by atomic mass is 16.6. The molecule has 1 amide bonds. The Morgan fingerprint density at radius 1 is 1.00 bits per heavy atom. The number of rotatable bonds is 3. The number of hydrogen-bond donors (Lipinski definition) is 0. The van der Waals surface area contributed by atoms with Crippen molar-refractivity contribution in [3.63, 3.8) is 0 Å². The second-order valence-electron chi connectivity index (χ2n) is 8.23. The molecule has 25 heavy (non-hydrogen) atoms. The molecule has 0 N–H and O–H groups in total. The van der Waals surface area contributed by atoms with Crippen molar-refractivity contribution < 1.29 is 28.6 Å². The molecule has 1 aliphatic heterocycles. The number of carbonyl (C=O) groups excluding carboxylic acids is 3. The summed E-state index contributed by atoms with van der Waals surface area (Å²) in [5.74, 6) is -1.11. The van der Waals surface area contributed by atoms with Crippen LogP contribution in [0, 0.1) is 0 Å². The zero-order valence-corrected chi connectivity index (χ0v) is 16.2. The van der Waals surface area contributed by atoms with Crippen LogP contribution in [0.2, 0.25) is 0 Å². The maximum atomic E-state index is 12.5. The van der Waals surface area contributed by atoms with Gasteiger partial charge in [0.2, 0.25) is 0 Å². The third kappa shape index (κ3) is 6.76. The Hall–Kier alpha value is -2.05. The number of esters is 2. The van der Waals surface area contributed by atoms with E-state index in [1.807, 2.05) is 0 Å². The average Bonchev–Trinajstić information content (AvgIpc) is 2.78. The molecular weight excluding hydrogens is 326 g/mol. The monoisotopic (exact) mass is 355 g/mol. The SMILES string of the molecule is C=C(C)C(=O)O[C@@H]1C[C@@H](C(=O)OC(C)(C)C)N(C(=O)OC(C)(C)C)C1. The quantitative estimate of drug-likeness (QED) is 0.440. The fraction of sp³-hybridized carbons (Fsp3) is 0.722. The van der Waals surface area contributed by atoms with Gasteiger partial charge in [0.1, 0.15) is 23.3 Å². The summed E-state index contributed by atoms with van der Waals surface area (Å²) >= 11 is 0. The molecule has 2 atom stereocenters. The Morgan fingerprint density at radius 2 is 1.52 bits per heavy atom. The number of ether oxygens (including phenoxy) is 3. The van der Waals surface area contributed by atoms with Crippen LogP contribution in [-0.2, 0) is 23.8 Å². The van der Waals surface area contributed by atoms with E-state index in [4.69, 9.17) is 14.2 Å². The van der Waals surface area contributed by atoms with E-state index in [0.717, 1.165) is 0 Å². The molecule has 0 aromatic rings. The zero-order chi connectivity index (χ0) is 19.6. The van der Waals surface area contributed by atoms with Crippen molar-refractivity contribution in [1.82, 2.24) is 4.90 Å². The number of likely N-dealkylation sites (tertiary alicyclic amines) is 1. The molecular formula is C18H29NO6. The van der Waals surface area contributed by atoms with Crippen LogP contribution in [0.3, 0.4) is 0 Å². The molecule has 0 bridgehead atoms. The minimum absolute atomic E-state index is 0.0673. The smallest absolute Gasteiger partial charge is 0.411 e. The van der Waals surface area contributed by atoms with Gasteiger partial charge in [0.15, 0.2) is 0 Å². The van der Waals surface area contributed by atoms with Crippen LogP contribution in [0.25, 0.3) is 0 Å². The van der Waals surface area contributed by atoms with E-state index in [2.05, 4.69) is 6.58 Å². The molecule has 1 aliphatic rings. The molecule has 0 saturated carbocycles. The average molecular weight is 355 g/mol. The van der Waals surface area contributed by atoms with Crippen LogP contribution in [0.4, 0.5) is 4.79 Å². The Balaban J connectivity index is 2.94. The van der Waals surface area contributed by atoms with Gasteiger partial charge in [-0.25, -0.2) is 14.4 Å². The first-order valence-corrected chi connectivity index (χ1v) is 8.28. The Kier molecular flexibility index (Phi) is 6.26. The summed E-state index contributed by atoms with van der Waals surface area (Å²) in [6.45, 7) is 15.6. The van der Waals surface area contributed by atoms with Crippen molar-refractivity contribution >= 4 is 18.0 Å². The van der Waals surface area contributed by atoms with Crippen molar-refractivity contribution in [2.75, 3.05) is 6.54 Å². The standard InChI is InChI=1S/C18H29NO6/c1-11(2)14(20)23-12-9-13(15(21)24-17(3,4)5)19(10-12)16(22)25-18(6,7)8/h12-13H,1,9-10H2,2-8H3/t12-,13+/m1/s1. The highest BCUT2D eigenvalue weighted by Gasteiger charge is 2.44. The van der Waals surface area contributed by atoms with Crippen LogP contribution in [0.5, 0.6) is 0 Å². The van der Waals surface area contributed by atoms with E-state index in [0.29, 0.717) is 0 Å². The molecule has 0 radical (unpaired) electrons. The van der Waals surface area contributed by atoms with Gasteiger partial charge in [-0.05, 0) is 48.5 Å². The molecule has 1 fully saturated rings. The molecule has 1 rings (SSSR count). The fourth-order valence-corrected chi connectivity index (χ4v) is 2.25. The Bertz CT molecular complexity index is 519. The first-order chi connectivity index (χ1) is 11.2. The molecule has 7 heteroatoms. The van der Waals surface area contributed by atoms with Gasteiger partial charge in [-0.2, -0.15) is 0 Å². The molecule has 1 saturated heterocycles. The van der Waals surface area contributed by atoms with E-state index in [1.54, 1.807) is 41.5 Å².